The fourth-order valence-corrected chi connectivity index (χ4v) is 5.28. The quantitative estimate of drug-likeness (QED) is 0.532. The molecular weight excluding hydrogens is 424 g/mol. The van der Waals surface area contributed by atoms with Crippen LogP contribution in [0.25, 0.3) is 0 Å². The van der Waals surface area contributed by atoms with Crippen molar-refractivity contribution in [2.45, 2.75) is 61.3 Å². The van der Waals surface area contributed by atoms with Crippen LogP contribution in [0, 0.1) is 5.92 Å². The molecule has 1 heterocycles. The molecule has 0 radical (unpaired) electrons. The molecular formula is C20H26N4O2S3. The molecule has 6 nitrogen and oxygen atoms in total. The molecule has 1 aromatic carbocycles. The lowest BCUT2D eigenvalue weighted by Crippen LogP contribution is -2.24. The third kappa shape index (κ3) is 6.72. The van der Waals surface area contributed by atoms with Crippen molar-refractivity contribution in [3.8, 4) is 0 Å². The molecule has 0 bridgehead atoms. The van der Waals surface area contributed by atoms with Crippen molar-refractivity contribution in [2.75, 3.05) is 16.4 Å². The molecule has 3 rings (SSSR count). The van der Waals surface area contributed by atoms with Crippen molar-refractivity contribution in [2.24, 2.45) is 5.92 Å². The van der Waals surface area contributed by atoms with E-state index in [1.165, 1.54) is 29.7 Å². The van der Waals surface area contributed by atoms with Crippen LogP contribution < -0.4 is 10.6 Å². The number of hydrogen-bond acceptors (Lipinski definition) is 7. The Bertz CT molecular complexity index is 819. The van der Waals surface area contributed by atoms with E-state index in [4.69, 9.17) is 0 Å². The number of benzene rings is 1. The van der Waals surface area contributed by atoms with Crippen LogP contribution >= 0.6 is 35.1 Å². The molecule has 0 spiro atoms. The summed E-state index contributed by atoms with van der Waals surface area (Å²) in [6.45, 7) is 3.90. The number of anilines is 2. The first-order valence-electron chi connectivity index (χ1n) is 9.90. The van der Waals surface area contributed by atoms with Crippen LogP contribution in [0.5, 0.6) is 0 Å². The second-order valence-electron chi connectivity index (χ2n) is 6.91. The van der Waals surface area contributed by atoms with E-state index in [1.807, 2.05) is 38.1 Å². The summed E-state index contributed by atoms with van der Waals surface area (Å²) in [5.41, 5.74) is 0.803. The Morgan fingerprint density at radius 2 is 1.90 bits per heavy atom. The molecule has 1 unspecified atom stereocenters. The smallest absolute Gasteiger partial charge is 0.239 e. The number of carbonyl (C=O) groups is 2. The monoisotopic (exact) mass is 450 g/mol. The van der Waals surface area contributed by atoms with Gasteiger partial charge in [-0.1, -0.05) is 37.9 Å². The van der Waals surface area contributed by atoms with Crippen molar-refractivity contribution in [3.05, 3.63) is 24.3 Å². The molecule has 1 aromatic heterocycles. The third-order valence-corrected chi connectivity index (χ3v) is 7.28. The molecule has 1 saturated carbocycles. The maximum Gasteiger partial charge on any atom is 0.239 e. The number of nitrogens with zero attached hydrogens (tertiary/aromatic N) is 2. The van der Waals surface area contributed by atoms with Gasteiger partial charge >= 0.3 is 0 Å². The predicted octanol–water partition coefficient (Wildman–Crippen LogP) is 5.29. The lowest BCUT2D eigenvalue weighted by atomic mass is 9.88. The Kier molecular flexibility index (Phi) is 8.38. The van der Waals surface area contributed by atoms with E-state index in [1.54, 1.807) is 11.8 Å². The van der Waals surface area contributed by atoms with Gasteiger partial charge in [0.2, 0.25) is 22.1 Å². The summed E-state index contributed by atoms with van der Waals surface area (Å²) in [6.07, 6.45) is 5.49. The Morgan fingerprint density at radius 1 is 1.17 bits per heavy atom. The van der Waals surface area contributed by atoms with E-state index in [9.17, 15) is 9.59 Å². The molecule has 9 heteroatoms. The van der Waals surface area contributed by atoms with Crippen LogP contribution in [-0.2, 0) is 9.59 Å². The number of nitrogens with one attached hydrogen (secondary N) is 2. The largest absolute Gasteiger partial charge is 0.326 e. The van der Waals surface area contributed by atoms with E-state index in [2.05, 4.69) is 20.0 Å². The molecule has 156 valence electrons. The summed E-state index contributed by atoms with van der Waals surface area (Å²) in [4.78, 5) is 30.0. The van der Waals surface area contributed by atoms with Gasteiger partial charge in [-0.2, -0.15) is 9.36 Å². The summed E-state index contributed by atoms with van der Waals surface area (Å²) in [5, 5.41) is 6.79. The standard InChI is InChI=1S/C20H26N4O2S3/c1-3-27-20-23-19(29-24-20)22-17(25)13(2)28-16-11-9-15(10-12-16)21-18(26)14-7-5-4-6-8-14/h9-14H,3-8H2,1-2H3,(H,21,26)(H,22,23,24,25). The van der Waals surface area contributed by atoms with Gasteiger partial charge in [0.1, 0.15) is 0 Å². The molecule has 2 amide bonds. The Morgan fingerprint density at radius 3 is 2.59 bits per heavy atom. The predicted molar refractivity (Wildman–Crippen MR) is 122 cm³/mol. The molecule has 1 aliphatic carbocycles. The highest BCUT2D eigenvalue weighted by atomic mass is 32.2. The topological polar surface area (TPSA) is 84.0 Å². The van der Waals surface area contributed by atoms with E-state index in [0.29, 0.717) is 10.3 Å². The van der Waals surface area contributed by atoms with Crippen LogP contribution in [-0.4, -0.2) is 32.2 Å². The number of amides is 2. The van der Waals surface area contributed by atoms with E-state index >= 15 is 0 Å². The first kappa shape index (κ1) is 22.1. The van der Waals surface area contributed by atoms with Gasteiger partial charge in [0, 0.05) is 28.0 Å². The number of thioether (sulfide) groups is 2. The summed E-state index contributed by atoms with van der Waals surface area (Å²) >= 11 is 4.22. The molecule has 2 aromatic rings. The van der Waals surface area contributed by atoms with E-state index in [-0.39, 0.29) is 23.0 Å². The molecule has 0 saturated heterocycles. The van der Waals surface area contributed by atoms with Gasteiger partial charge in [-0.05, 0) is 49.8 Å². The highest BCUT2D eigenvalue weighted by Crippen LogP contribution is 2.28. The van der Waals surface area contributed by atoms with Crippen LogP contribution in [0.1, 0.15) is 46.0 Å². The maximum absolute atomic E-state index is 12.4. The van der Waals surface area contributed by atoms with Gasteiger partial charge in [0.15, 0.2) is 0 Å². The third-order valence-electron chi connectivity index (χ3n) is 4.69. The minimum atomic E-state index is -0.274. The Balaban J connectivity index is 1.48. The zero-order chi connectivity index (χ0) is 20.6. The number of hydrogen-bond donors (Lipinski definition) is 2. The first-order chi connectivity index (χ1) is 14.0. The molecule has 0 aliphatic heterocycles. The summed E-state index contributed by atoms with van der Waals surface area (Å²) in [5.74, 6) is 1.05. The van der Waals surface area contributed by atoms with Crippen molar-refractivity contribution < 1.29 is 9.59 Å². The second-order valence-corrected chi connectivity index (χ2v) is 10.3. The van der Waals surface area contributed by atoms with Gasteiger partial charge in [0.25, 0.3) is 0 Å². The number of rotatable bonds is 8. The molecule has 29 heavy (non-hydrogen) atoms. The first-order valence-corrected chi connectivity index (χ1v) is 12.5. The Hall–Kier alpha value is -1.58. The minimum absolute atomic E-state index is 0.103. The van der Waals surface area contributed by atoms with Crippen LogP contribution in [0.4, 0.5) is 10.8 Å². The molecule has 1 fully saturated rings. The van der Waals surface area contributed by atoms with Gasteiger partial charge in [-0.3, -0.25) is 14.9 Å². The number of aromatic nitrogens is 2. The fourth-order valence-electron chi connectivity index (χ4n) is 3.14. The van der Waals surface area contributed by atoms with Crippen molar-refractivity contribution in [3.63, 3.8) is 0 Å². The average Bonchev–Trinajstić information content (AvgIpc) is 3.17. The van der Waals surface area contributed by atoms with Gasteiger partial charge in [-0.15, -0.1) is 11.8 Å². The van der Waals surface area contributed by atoms with Crippen molar-refractivity contribution >= 4 is 57.7 Å². The summed E-state index contributed by atoms with van der Waals surface area (Å²) in [7, 11) is 0. The van der Waals surface area contributed by atoms with E-state index in [0.717, 1.165) is 42.0 Å². The van der Waals surface area contributed by atoms with E-state index < -0.39 is 0 Å². The highest BCUT2D eigenvalue weighted by Gasteiger charge is 2.21. The van der Waals surface area contributed by atoms with Crippen LogP contribution in [0.2, 0.25) is 0 Å². The normalized spacial score (nSPS) is 15.7. The van der Waals surface area contributed by atoms with Crippen molar-refractivity contribution in [1.29, 1.82) is 0 Å². The van der Waals surface area contributed by atoms with Gasteiger partial charge in [0.05, 0.1) is 5.25 Å². The van der Waals surface area contributed by atoms with Gasteiger partial charge in [-0.25, -0.2) is 0 Å². The summed E-state index contributed by atoms with van der Waals surface area (Å²) in [6, 6.07) is 7.66. The zero-order valence-electron chi connectivity index (χ0n) is 16.6. The lowest BCUT2D eigenvalue weighted by molar-refractivity contribution is -0.120. The minimum Gasteiger partial charge on any atom is -0.326 e. The van der Waals surface area contributed by atoms with Crippen LogP contribution in [0.3, 0.4) is 0 Å². The fraction of sp³-hybridized carbons (Fsp3) is 0.500. The van der Waals surface area contributed by atoms with Crippen LogP contribution in [0.15, 0.2) is 34.3 Å². The second kappa shape index (κ2) is 11.0. The van der Waals surface area contributed by atoms with Crippen molar-refractivity contribution in [1.82, 2.24) is 9.36 Å². The average molecular weight is 451 g/mol. The highest BCUT2D eigenvalue weighted by molar-refractivity contribution is 8.00. The molecule has 1 aliphatic rings. The van der Waals surface area contributed by atoms with Gasteiger partial charge < -0.3 is 5.32 Å². The number of carbonyl (C=O) groups excluding carboxylic acids is 2. The molecule has 1 atom stereocenters. The SMILES string of the molecule is CCSc1nsc(NC(=O)C(C)Sc2ccc(NC(=O)C3CCCCC3)cc2)n1. The zero-order valence-corrected chi connectivity index (χ0v) is 19.1. The Labute approximate surface area is 184 Å². The lowest BCUT2D eigenvalue weighted by Gasteiger charge is -2.20. The molecule has 2 N–H and O–H groups in total. The summed E-state index contributed by atoms with van der Waals surface area (Å²) < 4.78 is 4.21. The maximum atomic E-state index is 12.4.